The van der Waals surface area contributed by atoms with Crippen LogP contribution in [0.2, 0.25) is 0 Å². The van der Waals surface area contributed by atoms with Gasteiger partial charge in [-0.3, -0.25) is 0 Å². The molecule has 0 saturated carbocycles. The maximum atomic E-state index is 13.4. The molecule has 20 heavy (non-hydrogen) atoms. The molecule has 0 amide bonds. The molecule has 0 radical (unpaired) electrons. The van der Waals surface area contributed by atoms with Gasteiger partial charge in [0.05, 0.1) is 5.69 Å². The van der Waals surface area contributed by atoms with Crippen LogP contribution in [0.15, 0.2) is 24.3 Å². The van der Waals surface area contributed by atoms with Gasteiger partial charge in [-0.25, -0.2) is 9.37 Å². The van der Waals surface area contributed by atoms with Crippen molar-refractivity contribution in [3.8, 4) is 11.3 Å². The van der Waals surface area contributed by atoms with E-state index in [9.17, 15) is 4.39 Å². The summed E-state index contributed by atoms with van der Waals surface area (Å²) >= 11 is 0. The van der Waals surface area contributed by atoms with Gasteiger partial charge in [-0.1, -0.05) is 0 Å². The van der Waals surface area contributed by atoms with Crippen LogP contribution < -0.4 is 10.6 Å². The maximum absolute atomic E-state index is 13.4. The van der Waals surface area contributed by atoms with Crippen molar-refractivity contribution in [1.29, 1.82) is 0 Å². The van der Waals surface area contributed by atoms with Crippen molar-refractivity contribution in [2.45, 2.75) is 19.8 Å². The van der Waals surface area contributed by atoms with E-state index in [1.165, 1.54) is 6.07 Å². The summed E-state index contributed by atoms with van der Waals surface area (Å²) in [5, 5.41) is 0. The number of benzene rings is 1. The van der Waals surface area contributed by atoms with E-state index in [-0.39, 0.29) is 5.82 Å². The molecule has 2 N–H and O–H groups in total. The number of anilines is 2. The van der Waals surface area contributed by atoms with E-state index in [1.807, 2.05) is 0 Å². The summed E-state index contributed by atoms with van der Waals surface area (Å²) in [7, 11) is 0. The van der Waals surface area contributed by atoms with Crippen LogP contribution >= 0.6 is 0 Å². The highest BCUT2D eigenvalue weighted by Gasteiger charge is 2.16. The summed E-state index contributed by atoms with van der Waals surface area (Å²) in [6, 6.07) is 6.69. The van der Waals surface area contributed by atoms with E-state index in [4.69, 9.17) is 5.73 Å². The van der Waals surface area contributed by atoms with Crippen molar-refractivity contribution in [3.05, 3.63) is 35.6 Å². The number of aryl methyl sites for hydroxylation is 1. The first-order chi connectivity index (χ1) is 9.63. The number of nitrogen functional groups attached to an aromatic ring is 1. The van der Waals surface area contributed by atoms with Gasteiger partial charge in [0.15, 0.2) is 0 Å². The molecule has 1 fully saturated rings. The lowest BCUT2D eigenvalue weighted by Crippen LogP contribution is -2.21. The number of aromatic nitrogens is 2. The van der Waals surface area contributed by atoms with Gasteiger partial charge in [-0.05, 0) is 43.5 Å². The molecule has 4 nitrogen and oxygen atoms in total. The Bertz CT molecular complexity index is 636. The lowest BCUT2D eigenvalue weighted by Gasteiger charge is -2.16. The van der Waals surface area contributed by atoms with E-state index in [1.54, 1.807) is 25.1 Å². The smallest absolute Gasteiger partial charge is 0.227 e. The van der Waals surface area contributed by atoms with Gasteiger partial charge in [0, 0.05) is 24.7 Å². The van der Waals surface area contributed by atoms with Crippen molar-refractivity contribution in [3.63, 3.8) is 0 Å². The Balaban J connectivity index is 2.02. The zero-order valence-electron chi connectivity index (χ0n) is 11.4. The van der Waals surface area contributed by atoms with Crippen LogP contribution in [0.25, 0.3) is 11.3 Å². The topological polar surface area (TPSA) is 55.0 Å². The SMILES string of the molecule is Cc1cc(-c2cc(N)nc(N3CCCC3)n2)ccc1F. The van der Waals surface area contributed by atoms with Gasteiger partial charge in [0.1, 0.15) is 11.6 Å². The summed E-state index contributed by atoms with van der Waals surface area (Å²) in [6.45, 7) is 3.67. The molecule has 0 spiro atoms. The summed E-state index contributed by atoms with van der Waals surface area (Å²) < 4.78 is 13.4. The molecule has 1 aromatic carbocycles. The van der Waals surface area contributed by atoms with Crippen molar-refractivity contribution >= 4 is 11.8 Å². The molecule has 0 unspecified atom stereocenters. The summed E-state index contributed by atoms with van der Waals surface area (Å²) in [5.41, 5.74) is 8.08. The molecule has 104 valence electrons. The second-order valence-electron chi connectivity index (χ2n) is 5.14. The molecule has 0 aliphatic carbocycles. The Labute approximate surface area is 117 Å². The van der Waals surface area contributed by atoms with Crippen LogP contribution in [0, 0.1) is 12.7 Å². The molecule has 1 aromatic heterocycles. The number of nitrogens with two attached hydrogens (primary N) is 1. The number of hydrogen-bond donors (Lipinski definition) is 1. The van der Waals surface area contributed by atoms with E-state index in [0.717, 1.165) is 37.2 Å². The molecular weight excluding hydrogens is 255 g/mol. The normalized spacial score (nSPS) is 14.8. The summed E-state index contributed by atoms with van der Waals surface area (Å²) in [6.07, 6.45) is 2.31. The largest absolute Gasteiger partial charge is 0.384 e. The lowest BCUT2D eigenvalue weighted by atomic mass is 10.1. The molecule has 0 atom stereocenters. The molecule has 3 rings (SSSR count). The van der Waals surface area contributed by atoms with Gasteiger partial charge < -0.3 is 10.6 Å². The van der Waals surface area contributed by atoms with Crippen molar-refractivity contribution in [1.82, 2.24) is 9.97 Å². The first-order valence-corrected chi connectivity index (χ1v) is 6.79. The average Bonchev–Trinajstić information content (AvgIpc) is 2.95. The quantitative estimate of drug-likeness (QED) is 0.913. The molecule has 0 bridgehead atoms. The van der Waals surface area contributed by atoms with Crippen LogP contribution in [0.1, 0.15) is 18.4 Å². The first kappa shape index (κ1) is 12.8. The van der Waals surface area contributed by atoms with Crippen LogP contribution in [0.3, 0.4) is 0 Å². The van der Waals surface area contributed by atoms with Crippen LogP contribution in [0.4, 0.5) is 16.2 Å². The second kappa shape index (κ2) is 5.07. The third-order valence-electron chi connectivity index (χ3n) is 3.58. The highest BCUT2D eigenvalue weighted by molar-refractivity contribution is 5.64. The first-order valence-electron chi connectivity index (χ1n) is 6.79. The fourth-order valence-electron chi connectivity index (χ4n) is 2.46. The molecule has 1 saturated heterocycles. The minimum atomic E-state index is -0.212. The molecule has 2 aromatic rings. The second-order valence-corrected chi connectivity index (χ2v) is 5.14. The summed E-state index contributed by atoms with van der Waals surface area (Å²) in [4.78, 5) is 11.0. The van der Waals surface area contributed by atoms with Gasteiger partial charge in [0.25, 0.3) is 0 Å². The highest BCUT2D eigenvalue weighted by atomic mass is 19.1. The molecule has 2 heterocycles. The predicted octanol–water partition coefficient (Wildman–Crippen LogP) is 2.77. The van der Waals surface area contributed by atoms with E-state index < -0.39 is 0 Å². The molecule has 1 aliphatic heterocycles. The molecule has 1 aliphatic rings. The van der Waals surface area contributed by atoms with Crippen LogP contribution in [0.5, 0.6) is 0 Å². The Morgan fingerprint density at radius 3 is 2.60 bits per heavy atom. The third kappa shape index (κ3) is 2.43. The zero-order valence-corrected chi connectivity index (χ0v) is 11.4. The van der Waals surface area contributed by atoms with Crippen molar-refractivity contribution in [2.24, 2.45) is 0 Å². The van der Waals surface area contributed by atoms with E-state index in [2.05, 4.69) is 14.9 Å². The van der Waals surface area contributed by atoms with E-state index >= 15 is 0 Å². The highest BCUT2D eigenvalue weighted by Crippen LogP contribution is 2.25. The lowest BCUT2D eigenvalue weighted by molar-refractivity contribution is 0.619. The predicted molar refractivity (Wildman–Crippen MR) is 78.0 cm³/mol. The number of nitrogens with zero attached hydrogens (tertiary/aromatic N) is 3. The average molecular weight is 272 g/mol. The van der Waals surface area contributed by atoms with Crippen LogP contribution in [-0.4, -0.2) is 23.1 Å². The minimum absolute atomic E-state index is 0.212. The third-order valence-corrected chi connectivity index (χ3v) is 3.58. The van der Waals surface area contributed by atoms with Gasteiger partial charge in [-0.2, -0.15) is 4.98 Å². The maximum Gasteiger partial charge on any atom is 0.227 e. The fourth-order valence-corrected chi connectivity index (χ4v) is 2.46. The van der Waals surface area contributed by atoms with Crippen molar-refractivity contribution < 1.29 is 4.39 Å². The standard InChI is InChI=1S/C15H17FN4/c1-10-8-11(4-5-12(10)16)13-9-14(17)19-15(18-13)20-6-2-3-7-20/h4-5,8-9H,2-3,6-7H2,1H3,(H2,17,18,19). The van der Waals surface area contributed by atoms with Gasteiger partial charge in [-0.15, -0.1) is 0 Å². The molecular formula is C15H17FN4. The zero-order chi connectivity index (χ0) is 14.1. The molecule has 5 heteroatoms. The van der Waals surface area contributed by atoms with E-state index in [0.29, 0.717) is 17.3 Å². The Kier molecular flexibility index (Phi) is 3.26. The minimum Gasteiger partial charge on any atom is -0.384 e. The van der Waals surface area contributed by atoms with Crippen molar-refractivity contribution in [2.75, 3.05) is 23.7 Å². The number of halogens is 1. The Morgan fingerprint density at radius 1 is 1.15 bits per heavy atom. The fraction of sp³-hybridized carbons (Fsp3) is 0.333. The number of hydrogen-bond acceptors (Lipinski definition) is 4. The monoisotopic (exact) mass is 272 g/mol. The van der Waals surface area contributed by atoms with Gasteiger partial charge in [0.2, 0.25) is 5.95 Å². The summed E-state index contributed by atoms with van der Waals surface area (Å²) in [5.74, 6) is 0.897. The number of rotatable bonds is 2. The Hall–Kier alpha value is -2.17. The van der Waals surface area contributed by atoms with Gasteiger partial charge >= 0.3 is 0 Å². The van der Waals surface area contributed by atoms with Crippen LogP contribution in [-0.2, 0) is 0 Å². The Morgan fingerprint density at radius 2 is 1.90 bits per heavy atom.